The Hall–Kier alpha value is -3.65. The van der Waals surface area contributed by atoms with E-state index in [1.807, 2.05) is 73.0 Å². The minimum atomic E-state index is -0.378. The van der Waals surface area contributed by atoms with Gasteiger partial charge in [0.15, 0.2) is 11.0 Å². The van der Waals surface area contributed by atoms with Crippen molar-refractivity contribution in [2.45, 2.75) is 37.3 Å². The SMILES string of the molecule is Cc1ccccc1NC(=O)C(C)Sc1nnc(CNc2ccc(F)cc2)n1Cc1ccccc1. The Kier molecular flexibility index (Phi) is 7.59. The Balaban J connectivity index is 1.51. The summed E-state index contributed by atoms with van der Waals surface area (Å²) in [4.78, 5) is 12.9. The Morgan fingerprint density at radius 3 is 2.44 bits per heavy atom. The normalized spacial score (nSPS) is 11.7. The first-order chi connectivity index (χ1) is 16.5. The van der Waals surface area contributed by atoms with Crippen molar-refractivity contribution >= 4 is 29.0 Å². The largest absolute Gasteiger partial charge is 0.378 e. The summed E-state index contributed by atoms with van der Waals surface area (Å²) >= 11 is 1.37. The molecule has 4 aromatic rings. The maximum Gasteiger partial charge on any atom is 0.237 e. The average molecular weight is 476 g/mol. The Labute approximate surface area is 202 Å². The zero-order valence-electron chi connectivity index (χ0n) is 19.0. The van der Waals surface area contributed by atoms with Crippen LogP contribution in [0.5, 0.6) is 0 Å². The van der Waals surface area contributed by atoms with Crippen LogP contribution in [-0.2, 0) is 17.9 Å². The van der Waals surface area contributed by atoms with Crippen molar-refractivity contribution in [2.24, 2.45) is 0 Å². The number of hydrogen-bond acceptors (Lipinski definition) is 5. The number of halogens is 1. The van der Waals surface area contributed by atoms with E-state index in [4.69, 9.17) is 0 Å². The first-order valence-electron chi connectivity index (χ1n) is 11.0. The second-order valence-corrected chi connectivity index (χ2v) is 9.20. The number of anilines is 2. The molecule has 3 aromatic carbocycles. The molecule has 0 aliphatic carbocycles. The van der Waals surface area contributed by atoms with Crippen LogP contribution in [0, 0.1) is 12.7 Å². The lowest BCUT2D eigenvalue weighted by Gasteiger charge is -2.15. The molecular formula is C26H26FN5OS. The highest BCUT2D eigenvalue weighted by atomic mass is 32.2. The van der Waals surface area contributed by atoms with E-state index < -0.39 is 0 Å². The van der Waals surface area contributed by atoms with Gasteiger partial charge in [-0.15, -0.1) is 10.2 Å². The van der Waals surface area contributed by atoms with Crippen molar-refractivity contribution in [3.8, 4) is 0 Å². The molecule has 1 heterocycles. The number of aromatic nitrogens is 3. The molecule has 34 heavy (non-hydrogen) atoms. The third-order valence-electron chi connectivity index (χ3n) is 5.33. The van der Waals surface area contributed by atoms with Crippen LogP contribution < -0.4 is 10.6 Å². The van der Waals surface area contributed by atoms with Gasteiger partial charge in [0, 0.05) is 11.4 Å². The second kappa shape index (κ2) is 11.0. The predicted octanol–water partition coefficient (Wildman–Crippen LogP) is 5.51. The molecule has 0 spiro atoms. The number of hydrogen-bond donors (Lipinski definition) is 2. The summed E-state index contributed by atoms with van der Waals surface area (Å²) in [6, 6.07) is 23.9. The van der Waals surface area contributed by atoms with Gasteiger partial charge in [-0.1, -0.05) is 60.3 Å². The number of carbonyl (C=O) groups excluding carboxylic acids is 1. The summed E-state index contributed by atoms with van der Waals surface area (Å²) in [7, 11) is 0. The van der Waals surface area contributed by atoms with Crippen molar-refractivity contribution < 1.29 is 9.18 Å². The number of rotatable bonds is 9. The predicted molar refractivity (Wildman–Crippen MR) is 134 cm³/mol. The molecular weight excluding hydrogens is 449 g/mol. The molecule has 1 aromatic heterocycles. The van der Waals surface area contributed by atoms with E-state index in [0.29, 0.717) is 18.2 Å². The minimum Gasteiger partial charge on any atom is -0.378 e. The highest BCUT2D eigenvalue weighted by Gasteiger charge is 2.21. The van der Waals surface area contributed by atoms with E-state index in [2.05, 4.69) is 20.8 Å². The van der Waals surface area contributed by atoms with Gasteiger partial charge >= 0.3 is 0 Å². The van der Waals surface area contributed by atoms with Gasteiger partial charge in [-0.25, -0.2) is 4.39 Å². The molecule has 0 bridgehead atoms. The smallest absolute Gasteiger partial charge is 0.237 e. The van der Waals surface area contributed by atoms with E-state index in [1.165, 1.54) is 23.9 Å². The van der Waals surface area contributed by atoms with Crippen LogP contribution in [0.25, 0.3) is 0 Å². The van der Waals surface area contributed by atoms with E-state index in [-0.39, 0.29) is 17.0 Å². The second-order valence-electron chi connectivity index (χ2n) is 7.90. The van der Waals surface area contributed by atoms with E-state index >= 15 is 0 Å². The lowest BCUT2D eigenvalue weighted by atomic mass is 10.2. The standard InChI is InChI=1S/C26H26FN5OS/c1-18-8-6-7-11-23(18)29-25(33)19(2)34-26-31-30-24(16-28-22-14-12-21(27)13-15-22)32(26)17-20-9-4-3-5-10-20/h3-15,19,28H,16-17H2,1-2H3,(H,29,33). The van der Waals surface area contributed by atoms with Crippen molar-refractivity contribution in [3.63, 3.8) is 0 Å². The van der Waals surface area contributed by atoms with Gasteiger partial charge in [-0.2, -0.15) is 0 Å². The highest BCUT2D eigenvalue weighted by Crippen LogP contribution is 2.25. The molecule has 1 atom stereocenters. The monoisotopic (exact) mass is 475 g/mol. The van der Waals surface area contributed by atoms with Crippen LogP contribution >= 0.6 is 11.8 Å². The zero-order valence-corrected chi connectivity index (χ0v) is 19.8. The van der Waals surface area contributed by atoms with Crippen LogP contribution in [0.15, 0.2) is 84.0 Å². The molecule has 0 aliphatic rings. The molecule has 2 N–H and O–H groups in total. The fourth-order valence-corrected chi connectivity index (χ4v) is 4.24. The van der Waals surface area contributed by atoms with E-state index in [9.17, 15) is 9.18 Å². The molecule has 4 rings (SSSR count). The van der Waals surface area contributed by atoms with Gasteiger partial charge in [0.25, 0.3) is 0 Å². The molecule has 0 saturated carbocycles. The number of nitrogens with zero attached hydrogens (tertiary/aromatic N) is 3. The molecule has 0 radical (unpaired) electrons. The van der Waals surface area contributed by atoms with Gasteiger partial charge in [0.2, 0.25) is 5.91 Å². The van der Waals surface area contributed by atoms with Crippen molar-refractivity contribution in [2.75, 3.05) is 10.6 Å². The van der Waals surface area contributed by atoms with Gasteiger partial charge in [-0.05, 0) is 55.3 Å². The van der Waals surface area contributed by atoms with Gasteiger partial charge < -0.3 is 15.2 Å². The van der Waals surface area contributed by atoms with Gasteiger partial charge in [0.1, 0.15) is 5.82 Å². The summed E-state index contributed by atoms with van der Waals surface area (Å²) in [5, 5.41) is 15.3. The third kappa shape index (κ3) is 6.02. The molecule has 174 valence electrons. The molecule has 1 amide bonds. The summed E-state index contributed by atoms with van der Waals surface area (Å²) in [6.07, 6.45) is 0. The van der Waals surface area contributed by atoms with Crippen LogP contribution in [0.2, 0.25) is 0 Å². The van der Waals surface area contributed by atoms with Gasteiger partial charge in [-0.3, -0.25) is 4.79 Å². The molecule has 6 nitrogen and oxygen atoms in total. The molecule has 0 fully saturated rings. The fourth-order valence-electron chi connectivity index (χ4n) is 3.37. The van der Waals surface area contributed by atoms with Gasteiger partial charge in [0.05, 0.1) is 18.3 Å². The Bertz CT molecular complexity index is 1240. The summed E-state index contributed by atoms with van der Waals surface area (Å²) in [6.45, 7) is 4.80. The number of nitrogens with one attached hydrogen (secondary N) is 2. The number of aryl methyl sites for hydroxylation is 1. The molecule has 0 saturated heterocycles. The fraction of sp³-hybridized carbons (Fsp3) is 0.192. The minimum absolute atomic E-state index is 0.0976. The topological polar surface area (TPSA) is 71.8 Å². The number of amides is 1. The van der Waals surface area contributed by atoms with Crippen LogP contribution in [0.4, 0.5) is 15.8 Å². The summed E-state index contributed by atoms with van der Waals surface area (Å²) < 4.78 is 15.2. The number of thioether (sulfide) groups is 1. The molecule has 0 aliphatic heterocycles. The first kappa shape index (κ1) is 23.5. The Morgan fingerprint density at radius 1 is 1.00 bits per heavy atom. The summed E-state index contributed by atoms with van der Waals surface area (Å²) in [5.41, 5.74) is 3.70. The number of para-hydroxylation sites is 1. The van der Waals surface area contributed by atoms with E-state index in [0.717, 1.165) is 28.3 Å². The summed E-state index contributed by atoms with van der Waals surface area (Å²) in [5.74, 6) is 0.344. The van der Waals surface area contributed by atoms with Crippen molar-refractivity contribution in [3.05, 3.63) is 102 Å². The Morgan fingerprint density at radius 2 is 1.71 bits per heavy atom. The number of benzene rings is 3. The quantitative estimate of drug-likeness (QED) is 0.313. The highest BCUT2D eigenvalue weighted by molar-refractivity contribution is 8.00. The van der Waals surface area contributed by atoms with Crippen molar-refractivity contribution in [1.82, 2.24) is 14.8 Å². The molecule has 8 heteroatoms. The lowest BCUT2D eigenvalue weighted by molar-refractivity contribution is -0.115. The molecule has 1 unspecified atom stereocenters. The third-order valence-corrected chi connectivity index (χ3v) is 6.41. The zero-order chi connectivity index (χ0) is 23.9. The van der Waals surface area contributed by atoms with Crippen LogP contribution in [0.1, 0.15) is 23.9 Å². The average Bonchev–Trinajstić information content (AvgIpc) is 3.21. The van der Waals surface area contributed by atoms with E-state index in [1.54, 1.807) is 12.1 Å². The van der Waals surface area contributed by atoms with Crippen molar-refractivity contribution in [1.29, 1.82) is 0 Å². The maximum absolute atomic E-state index is 13.2. The maximum atomic E-state index is 13.2. The van der Waals surface area contributed by atoms with Crippen LogP contribution in [0.3, 0.4) is 0 Å². The first-order valence-corrected chi connectivity index (χ1v) is 11.9. The number of carbonyl (C=O) groups is 1. The lowest BCUT2D eigenvalue weighted by Crippen LogP contribution is -2.23. The van der Waals surface area contributed by atoms with Crippen LogP contribution in [-0.4, -0.2) is 25.9 Å².